The van der Waals surface area contributed by atoms with Crippen molar-refractivity contribution in [1.82, 2.24) is 14.1 Å². The number of anilines is 2. The highest BCUT2D eigenvalue weighted by Gasteiger charge is 2.27. The number of pyridine rings is 1. The Labute approximate surface area is 364 Å². The van der Waals surface area contributed by atoms with Gasteiger partial charge in [-0.1, -0.05) is 130 Å². The van der Waals surface area contributed by atoms with Crippen LogP contribution < -0.4 is 9.64 Å². The van der Waals surface area contributed by atoms with Crippen molar-refractivity contribution in [3.05, 3.63) is 180 Å². The van der Waals surface area contributed by atoms with Gasteiger partial charge >= 0.3 is 0 Å². The normalized spacial score (nSPS) is 14.4. The summed E-state index contributed by atoms with van der Waals surface area (Å²) < 4.78 is 63.4. The fraction of sp³-hybridized carbons (Fsp3) is 0.161. The number of aromatic nitrogens is 3. The highest BCUT2D eigenvalue weighted by Crippen LogP contribution is 2.46. The molecule has 11 rings (SSSR count). The van der Waals surface area contributed by atoms with E-state index in [1.54, 1.807) is 16.7 Å². The molecule has 298 valence electrons. The maximum absolute atomic E-state index is 9.07. The monoisotopic (exact) mass is 798 g/mol. The van der Waals surface area contributed by atoms with E-state index in [2.05, 4.69) is 146 Å². The zero-order chi connectivity index (χ0) is 46.8. The summed E-state index contributed by atoms with van der Waals surface area (Å²) in [7, 11) is 0. The molecule has 10 aromatic rings. The molecule has 1 aliphatic rings. The highest BCUT2D eigenvalue weighted by atomic mass is 16.5. The molecule has 0 atom stereocenters. The van der Waals surface area contributed by atoms with Crippen molar-refractivity contribution in [3.63, 3.8) is 0 Å². The van der Waals surface area contributed by atoms with Crippen LogP contribution in [0.1, 0.15) is 58.2 Å². The van der Waals surface area contributed by atoms with Crippen LogP contribution in [-0.2, 0) is 18.5 Å². The number of ether oxygens (including phenoxy) is 1. The zero-order valence-corrected chi connectivity index (χ0v) is 35.1. The quantitative estimate of drug-likeness (QED) is 0.174. The van der Waals surface area contributed by atoms with Gasteiger partial charge in [0.05, 0.1) is 33.2 Å². The van der Waals surface area contributed by atoms with Gasteiger partial charge in [0.25, 0.3) is 0 Å². The number of nitrogens with zero attached hydrogens (tertiary/aromatic N) is 4. The summed E-state index contributed by atoms with van der Waals surface area (Å²) in [5, 5.41) is 8.05. The lowest BCUT2D eigenvalue weighted by Gasteiger charge is -2.26. The van der Waals surface area contributed by atoms with Crippen molar-refractivity contribution >= 4 is 76.5 Å². The number of aryl methyl sites for hydroxylation is 3. The topological polar surface area (TPSA) is 35.2 Å². The van der Waals surface area contributed by atoms with Crippen LogP contribution in [0.25, 0.3) is 71.0 Å². The first kappa shape index (κ1) is 30.9. The van der Waals surface area contributed by atoms with Crippen LogP contribution in [0.2, 0.25) is 0 Å². The fourth-order valence-corrected chi connectivity index (χ4v) is 9.45. The molecule has 0 spiro atoms. The van der Waals surface area contributed by atoms with Crippen molar-refractivity contribution in [1.29, 1.82) is 0 Å². The van der Waals surface area contributed by atoms with E-state index in [1.807, 2.05) is 18.2 Å². The molecular weight excluding hydrogens is 745 g/mol. The van der Waals surface area contributed by atoms with Crippen molar-refractivity contribution in [3.8, 4) is 17.3 Å². The number of para-hydroxylation sites is 3. The highest BCUT2D eigenvalue weighted by molar-refractivity contribution is 6.21. The molecule has 5 heteroatoms. The van der Waals surface area contributed by atoms with Crippen molar-refractivity contribution in [2.75, 3.05) is 4.90 Å². The Kier molecular flexibility index (Phi) is 7.08. The lowest BCUT2D eigenvalue weighted by Crippen LogP contribution is -2.17. The van der Waals surface area contributed by atoms with Crippen LogP contribution in [0.3, 0.4) is 0 Å². The SMILES string of the molecule is [2H]c1c([2H])c([2H])c2c(c1[2H])c1ccc(Oc3cc(N4Cn5c6c(C)cccc6c6cc(C)ccc6c6ccccc6c6cccc4c65)ccc3C(C)(C)C)cc1n2-c1cc(C([2H])([2H])C)ccn1. The van der Waals surface area contributed by atoms with E-state index in [9.17, 15) is 0 Å². The van der Waals surface area contributed by atoms with Crippen LogP contribution >= 0.6 is 0 Å². The Bertz CT molecular complexity index is 3820. The van der Waals surface area contributed by atoms with Crippen molar-refractivity contribution in [2.24, 2.45) is 0 Å². The van der Waals surface area contributed by atoms with Gasteiger partial charge in [-0.2, -0.15) is 0 Å². The van der Waals surface area contributed by atoms with Gasteiger partial charge in [-0.05, 0) is 101 Å². The third-order valence-electron chi connectivity index (χ3n) is 12.3. The first-order chi connectivity index (χ1) is 32.0. The molecule has 0 fully saturated rings. The molecule has 0 saturated carbocycles. The molecule has 61 heavy (non-hydrogen) atoms. The minimum Gasteiger partial charge on any atom is -0.457 e. The molecule has 0 bridgehead atoms. The minimum atomic E-state index is -1.68. The van der Waals surface area contributed by atoms with Gasteiger partial charge in [-0.25, -0.2) is 4.98 Å². The summed E-state index contributed by atoms with van der Waals surface area (Å²) in [5.74, 6) is 1.50. The summed E-state index contributed by atoms with van der Waals surface area (Å²) in [6.45, 7) is 12.9. The second-order valence-electron chi connectivity index (χ2n) is 17.2. The van der Waals surface area contributed by atoms with E-state index < -0.39 is 6.37 Å². The molecule has 7 aromatic carbocycles. The first-order valence-corrected chi connectivity index (χ1v) is 20.8. The summed E-state index contributed by atoms with van der Waals surface area (Å²) in [6.07, 6.45) is -0.151. The second-order valence-corrected chi connectivity index (χ2v) is 17.2. The lowest BCUT2D eigenvalue weighted by molar-refractivity contribution is 0.456. The predicted molar refractivity (Wildman–Crippen MR) is 257 cm³/mol. The molecule has 0 saturated heterocycles. The Hall–Kier alpha value is -7.11. The lowest BCUT2D eigenvalue weighted by atomic mass is 9.86. The fourth-order valence-electron chi connectivity index (χ4n) is 9.45. The Morgan fingerprint density at radius 3 is 2.23 bits per heavy atom. The molecular formula is C56H48N4O. The molecule has 3 aromatic heterocycles. The number of fused-ring (bicyclic) bond motifs is 10. The van der Waals surface area contributed by atoms with E-state index in [-0.39, 0.29) is 35.1 Å². The van der Waals surface area contributed by atoms with Crippen LogP contribution in [0.5, 0.6) is 11.5 Å². The van der Waals surface area contributed by atoms with Crippen LogP contribution in [0.15, 0.2) is 158 Å². The molecule has 0 amide bonds. The van der Waals surface area contributed by atoms with Crippen molar-refractivity contribution in [2.45, 2.75) is 60.0 Å². The van der Waals surface area contributed by atoms with E-state index in [1.165, 1.54) is 56.7 Å². The Morgan fingerprint density at radius 1 is 0.672 bits per heavy atom. The number of hydrogen-bond donors (Lipinski definition) is 0. The third kappa shape index (κ3) is 5.94. The number of hydrogen-bond acceptors (Lipinski definition) is 3. The van der Waals surface area contributed by atoms with Gasteiger partial charge in [0.1, 0.15) is 24.0 Å². The predicted octanol–water partition coefficient (Wildman–Crippen LogP) is 15.1. The molecule has 0 unspecified atom stereocenters. The standard InChI is InChI=1S/C56H48N4O/c1-7-37-28-29-57-53(31-37)60-49-20-11-10-17-43(49)44-26-24-39(33-51(44)60)61-52-32-38(23-27-48(52)56(4,5)6)58-34-59-54-36(3)14-12-18-46(54)47-30-35(2)22-25-42(47)40-15-8-9-16-41(40)45-19-13-21-50(58)55(45)59/h8-33H,7,34H2,1-6H3/i7D2,10D,11D,17D,20D. The van der Waals surface area contributed by atoms with Gasteiger partial charge in [0.2, 0.25) is 0 Å². The maximum atomic E-state index is 9.07. The average molecular weight is 799 g/mol. The van der Waals surface area contributed by atoms with Gasteiger partial charge in [-0.15, -0.1) is 0 Å². The van der Waals surface area contributed by atoms with E-state index in [0.29, 0.717) is 45.8 Å². The summed E-state index contributed by atoms with van der Waals surface area (Å²) in [4.78, 5) is 7.00. The summed E-state index contributed by atoms with van der Waals surface area (Å²) in [6, 6.07) is 42.9. The zero-order valence-electron chi connectivity index (χ0n) is 41.1. The third-order valence-corrected chi connectivity index (χ3v) is 12.3. The van der Waals surface area contributed by atoms with Crippen LogP contribution in [0.4, 0.5) is 11.4 Å². The maximum Gasteiger partial charge on any atom is 0.137 e. The second kappa shape index (κ2) is 14.0. The first-order valence-electron chi connectivity index (χ1n) is 23.8. The van der Waals surface area contributed by atoms with Crippen LogP contribution in [-0.4, -0.2) is 14.1 Å². The molecule has 4 heterocycles. The average Bonchev–Trinajstić information content (AvgIpc) is 3.86. The molecule has 5 nitrogen and oxygen atoms in total. The molecule has 0 aliphatic carbocycles. The Balaban J connectivity index is 1.12. The van der Waals surface area contributed by atoms with E-state index in [0.717, 1.165) is 27.8 Å². The summed E-state index contributed by atoms with van der Waals surface area (Å²) in [5.41, 5.74) is 8.61. The minimum absolute atomic E-state index is 0.159. The van der Waals surface area contributed by atoms with E-state index >= 15 is 0 Å². The molecule has 0 N–H and O–H groups in total. The smallest absolute Gasteiger partial charge is 0.137 e. The number of rotatable bonds is 5. The Morgan fingerprint density at radius 2 is 1.41 bits per heavy atom. The van der Waals surface area contributed by atoms with Gasteiger partial charge in [0.15, 0.2) is 0 Å². The summed E-state index contributed by atoms with van der Waals surface area (Å²) >= 11 is 0. The van der Waals surface area contributed by atoms with Crippen molar-refractivity contribution < 1.29 is 13.0 Å². The van der Waals surface area contributed by atoms with Crippen LogP contribution in [0, 0.1) is 13.8 Å². The molecule has 0 radical (unpaired) electrons. The largest absolute Gasteiger partial charge is 0.457 e. The van der Waals surface area contributed by atoms with E-state index in [4.69, 9.17) is 13.0 Å². The number of benzene rings is 7. The van der Waals surface area contributed by atoms with Gasteiger partial charge in [-0.3, -0.25) is 4.57 Å². The molecule has 1 aliphatic heterocycles. The van der Waals surface area contributed by atoms with Gasteiger partial charge in [0, 0.05) is 53.9 Å². The van der Waals surface area contributed by atoms with Gasteiger partial charge < -0.3 is 14.2 Å².